The van der Waals surface area contributed by atoms with E-state index in [4.69, 9.17) is 0 Å². The molecule has 0 aliphatic carbocycles. The number of carbonyl (C=O) groups excluding carboxylic acids is 3. The fraction of sp³-hybridized carbons (Fsp3) is 0.444. The molecule has 2 aromatic carbocycles. The predicted molar refractivity (Wildman–Crippen MR) is 134 cm³/mol. The molecule has 182 valence electrons. The summed E-state index contributed by atoms with van der Waals surface area (Å²) in [6.45, 7) is 6.04. The summed E-state index contributed by atoms with van der Waals surface area (Å²) in [7, 11) is 0. The first-order valence-corrected chi connectivity index (χ1v) is 12.2. The van der Waals surface area contributed by atoms with Crippen LogP contribution in [0.1, 0.15) is 55.5 Å². The van der Waals surface area contributed by atoms with Gasteiger partial charge in [0, 0.05) is 25.7 Å². The molecular formula is C27H36N4O3. The second kappa shape index (κ2) is 12.9. The second-order valence-electron chi connectivity index (χ2n) is 8.96. The lowest BCUT2D eigenvalue weighted by molar-refractivity contribution is -0.128. The highest BCUT2D eigenvalue weighted by atomic mass is 16.2. The number of anilines is 1. The van der Waals surface area contributed by atoms with Gasteiger partial charge in [-0.3, -0.25) is 19.3 Å². The van der Waals surface area contributed by atoms with Gasteiger partial charge < -0.3 is 16.0 Å². The molecule has 3 rings (SSSR count). The molecule has 3 amide bonds. The Morgan fingerprint density at radius 1 is 0.971 bits per heavy atom. The van der Waals surface area contributed by atoms with Crippen molar-refractivity contribution in [2.75, 3.05) is 25.0 Å². The van der Waals surface area contributed by atoms with Crippen molar-refractivity contribution in [3.8, 4) is 0 Å². The molecule has 1 saturated heterocycles. The number of amides is 3. The SMILES string of the molecule is CCCCNC(=O)C1CCC(C)N(CC(=O)Nc2ccccc2C(=O)NCc2ccccc2)C1. The van der Waals surface area contributed by atoms with Gasteiger partial charge in [-0.2, -0.15) is 0 Å². The van der Waals surface area contributed by atoms with E-state index in [2.05, 4.69) is 34.7 Å². The molecule has 1 aliphatic rings. The molecule has 0 saturated carbocycles. The standard InChI is InChI=1S/C27H36N4O3/c1-3-4-16-28-26(33)22-15-14-20(2)31(18-22)19-25(32)30-24-13-9-8-12-23(24)27(34)29-17-21-10-6-5-7-11-21/h5-13,20,22H,3-4,14-19H2,1-2H3,(H,28,33)(H,29,34)(H,30,32). The Morgan fingerprint density at radius 2 is 1.71 bits per heavy atom. The van der Waals surface area contributed by atoms with E-state index >= 15 is 0 Å². The van der Waals surface area contributed by atoms with Crippen molar-refractivity contribution in [1.82, 2.24) is 15.5 Å². The monoisotopic (exact) mass is 464 g/mol. The van der Waals surface area contributed by atoms with E-state index in [0.29, 0.717) is 30.9 Å². The highest BCUT2D eigenvalue weighted by Crippen LogP contribution is 2.22. The number of rotatable bonds is 10. The molecule has 1 heterocycles. The van der Waals surface area contributed by atoms with Gasteiger partial charge >= 0.3 is 0 Å². The summed E-state index contributed by atoms with van der Waals surface area (Å²) in [5.41, 5.74) is 1.91. The molecule has 0 aromatic heterocycles. The largest absolute Gasteiger partial charge is 0.356 e. The van der Waals surface area contributed by atoms with Crippen LogP contribution in [-0.2, 0) is 16.1 Å². The predicted octanol–water partition coefficient (Wildman–Crippen LogP) is 3.57. The van der Waals surface area contributed by atoms with Crippen LogP contribution in [-0.4, -0.2) is 48.3 Å². The first-order chi connectivity index (χ1) is 16.5. The summed E-state index contributed by atoms with van der Waals surface area (Å²) in [5.74, 6) is -0.458. The van der Waals surface area contributed by atoms with Crippen LogP contribution in [0, 0.1) is 5.92 Å². The van der Waals surface area contributed by atoms with Crippen molar-refractivity contribution in [2.24, 2.45) is 5.92 Å². The molecule has 3 N–H and O–H groups in total. The van der Waals surface area contributed by atoms with E-state index in [1.165, 1.54) is 0 Å². The van der Waals surface area contributed by atoms with Gasteiger partial charge in [-0.15, -0.1) is 0 Å². The zero-order valence-electron chi connectivity index (χ0n) is 20.2. The number of unbranched alkanes of at least 4 members (excludes halogenated alkanes) is 1. The lowest BCUT2D eigenvalue weighted by Crippen LogP contribution is -2.49. The van der Waals surface area contributed by atoms with Crippen LogP contribution >= 0.6 is 0 Å². The highest BCUT2D eigenvalue weighted by molar-refractivity contribution is 6.04. The third-order valence-corrected chi connectivity index (χ3v) is 6.30. The van der Waals surface area contributed by atoms with Crippen LogP contribution in [0.25, 0.3) is 0 Å². The fourth-order valence-electron chi connectivity index (χ4n) is 4.18. The fourth-order valence-corrected chi connectivity index (χ4v) is 4.18. The third kappa shape index (κ3) is 7.42. The van der Waals surface area contributed by atoms with Gasteiger partial charge in [0.15, 0.2) is 0 Å². The minimum atomic E-state index is -0.241. The Hall–Kier alpha value is -3.19. The number of nitrogens with one attached hydrogen (secondary N) is 3. The molecule has 7 heteroatoms. The van der Waals surface area contributed by atoms with Crippen molar-refractivity contribution in [3.63, 3.8) is 0 Å². The molecule has 2 aromatic rings. The van der Waals surface area contributed by atoms with E-state index in [-0.39, 0.29) is 36.2 Å². The normalized spacial score (nSPS) is 18.2. The lowest BCUT2D eigenvalue weighted by atomic mass is 9.92. The van der Waals surface area contributed by atoms with E-state index in [1.807, 2.05) is 30.3 Å². The quantitative estimate of drug-likeness (QED) is 0.469. The molecule has 0 spiro atoms. The van der Waals surface area contributed by atoms with Crippen molar-refractivity contribution >= 4 is 23.4 Å². The minimum absolute atomic E-state index is 0.0752. The number of hydrogen-bond donors (Lipinski definition) is 3. The molecule has 7 nitrogen and oxygen atoms in total. The van der Waals surface area contributed by atoms with Crippen LogP contribution in [0.15, 0.2) is 54.6 Å². The van der Waals surface area contributed by atoms with Gasteiger partial charge in [-0.05, 0) is 43.9 Å². The zero-order valence-corrected chi connectivity index (χ0v) is 20.2. The number of benzene rings is 2. The molecule has 2 unspecified atom stereocenters. The van der Waals surface area contributed by atoms with Gasteiger partial charge in [-0.25, -0.2) is 0 Å². The Bertz CT molecular complexity index is 963. The topological polar surface area (TPSA) is 90.5 Å². The van der Waals surface area contributed by atoms with Crippen LogP contribution in [0.2, 0.25) is 0 Å². The molecule has 0 radical (unpaired) electrons. The summed E-state index contributed by atoms with van der Waals surface area (Å²) in [6.07, 6.45) is 3.72. The Morgan fingerprint density at radius 3 is 2.47 bits per heavy atom. The lowest BCUT2D eigenvalue weighted by Gasteiger charge is -2.36. The third-order valence-electron chi connectivity index (χ3n) is 6.30. The Balaban J connectivity index is 1.56. The summed E-state index contributed by atoms with van der Waals surface area (Å²) in [5, 5.41) is 8.83. The van der Waals surface area contributed by atoms with E-state index in [1.54, 1.807) is 24.3 Å². The number of nitrogens with zero attached hydrogens (tertiary/aromatic N) is 1. The van der Waals surface area contributed by atoms with Crippen LogP contribution in [0.4, 0.5) is 5.69 Å². The van der Waals surface area contributed by atoms with Crippen LogP contribution in [0.5, 0.6) is 0 Å². The van der Waals surface area contributed by atoms with Crippen LogP contribution < -0.4 is 16.0 Å². The van der Waals surface area contributed by atoms with E-state index in [0.717, 1.165) is 31.2 Å². The summed E-state index contributed by atoms with van der Waals surface area (Å²) >= 11 is 0. The summed E-state index contributed by atoms with van der Waals surface area (Å²) < 4.78 is 0. The number of hydrogen-bond acceptors (Lipinski definition) is 4. The van der Waals surface area contributed by atoms with Crippen molar-refractivity contribution in [3.05, 3.63) is 65.7 Å². The molecule has 1 aliphatic heterocycles. The van der Waals surface area contributed by atoms with Gasteiger partial charge in [0.2, 0.25) is 11.8 Å². The summed E-state index contributed by atoms with van der Waals surface area (Å²) in [4.78, 5) is 40.2. The van der Waals surface area contributed by atoms with Crippen molar-refractivity contribution in [2.45, 2.75) is 52.1 Å². The van der Waals surface area contributed by atoms with Gasteiger partial charge in [-0.1, -0.05) is 55.8 Å². The maximum absolute atomic E-state index is 12.9. The second-order valence-corrected chi connectivity index (χ2v) is 8.96. The number of likely N-dealkylation sites (tertiary alicyclic amines) is 1. The molecule has 2 atom stereocenters. The van der Waals surface area contributed by atoms with Gasteiger partial charge in [0.25, 0.3) is 5.91 Å². The van der Waals surface area contributed by atoms with Gasteiger partial charge in [0.1, 0.15) is 0 Å². The van der Waals surface area contributed by atoms with Crippen molar-refractivity contribution in [1.29, 1.82) is 0 Å². The van der Waals surface area contributed by atoms with Gasteiger partial charge in [0.05, 0.1) is 23.7 Å². The van der Waals surface area contributed by atoms with Crippen molar-refractivity contribution < 1.29 is 14.4 Å². The first-order valence-electron chi connectivity index (χ1n) is 12.2. The maximum atomic E-state index is 12.9. The summed E-state index contributed by atoms with van der Waals surface area (Å²) in [6, 6.07) is 16.9. The Labute approximate surface area is 202 Å². The molecule has 34 heavy (non-hydrogen) atoms. The van der Waals surface area contributed by atoms with E-state index in [9.17, 15) is 14.4 Å². The first kappa shape index (κ1) is 25.4. The smallest absolute Gasteiger partial charge is 0.253 e. The maximum Gasteiger partial charge on any atom is 0.253 e. The highest BCUT2D eigenvalue weighted by Gasteiger charge is 2.30. The van der Waals surface area contributed by atoms with E-state index < -0.39 is 0 Å². The minimum Gasteiger partial charge on any atom is -0.356 e. The molecular weight excluding hydrogens is 428 g/mol. The average Bonchev–Trinajstić information content (AvgIpc) is 2.85. The number of piperidine rings is 1. The average molecular weight is 465 g/mol. The molecule has 0 bridgehead atoms. The van der Waals surface area contributed by atoms with Crippen LogP contribution in [0.3, 0.4) is 0 Å². The number of para-hydroxylation sites is 1. The Kier molecular flexibility index (Phi) is 9.64. The number of carbonyl (C=O) groups is 3. The zero-order chi connectivity index (χ0) is 24.3. The molecule has 1 fully saturated rings.